The average molecular weight is 302 g/mol. The molecule has 1 heterocycles. The average Bonchev–Trinajstić information content (AvgIpc) is 2.67. The quantitative estimate of drug-likeness (QED) is 0.735. The van der Waals surface area contributed by atoms with Crippen molar-refractivity contribution in [1.82, 2.24) is 4.90 Å². The van der Waals surface area contributed by atoms with Crippen LogP contribution in [0.15, 0.2) is 18.2 Å². The summed E-state index contributed by atoms with van der Waals surface area (Å²) in [5, 5.41) is 1.12. The molecule has 4 heteroatoms. The second-order valence-corrected chi connectivity index (χ2v) is 5.85. The molecule has 0 unspecified atom stereocenters. The van der Waals surface area contributed by atoms with E-state index in [-0.39, 0.29) is 0 Å². The van der Waals surface area contributed by atoms with Crippen molar-refractivity contribution in [2.45, 2.75) is 32.1 Å². The number of nitrogens with zero attached hydrogens (tertiary/aromatic N) is 1. The van der Waals surface area contributed by atoms with Crippen LogP contribution in [0.2, 0.25) is 10.0 Å². The van der Waals surface area contributed by atoms with Crippen LogP contribution in [0.1, 0.15) is 32.1 Å². The number of halogens is 2. The Bertz CT molecular complexity index is 390. The first-order chi connectivity index (χ1) is 9.25. The van der Waals surface area contributed by atoms with Gasteiger partial charge in [0.15, 0.2) is 0 Å². The fraction of sp³-hybridized carbons (Fsp3) is 0.600. The molecule has 1 aliphatic rings. The van der Waals surface area contributed by atoms with Gasteiger partial charge in [-0.05, 0) is 44.5 Å². The van der Waals surface area contributed by atoms with Gasteiger partial charge in [-0.25, -0.2) is 0 Å². The Morgan fingerprint density at radius 3 is 2.42 bits per heavy atom. The van der Waals surface area contributed by atoms with E-state index in [1.54, 1.807) is 12.1 Å². The third-order valence-electron chi connectivity index (χ3n) is 3.48. The molecule has 106 valence electrons. The molecule has 0 spiro atoms. The van der Waals surface area contributed by atoms with Gasteiger partial charge in [0.05, 0.1) is 16.7 Å². The SMILES string of the molecule is Clc1ccc(OCCCN2CCCCCC2)cc1Cl. The maximum absolute atomic E-state index is 5.95. The molecule has 1 aromatic carbocycles. The second-order valence-electron chi connectivity index (χ2n) is 5.03. The zero-order valence-electron chi connectivity index (χ0n) is 11.2. The fourth-order valence-corrected chi connectivity index (χ4v) is 2.69. The summed E-state index contributed by atoms with van der Waals surface area (Å²) in [6.07, 6.45) is 6.51. The van der Waals surface area contributed by atoms with E-state index in [0.717, 1.165) is 25.3 Å². The fourth-order valence-electron chi connectivity index (χ4n) is 2.40. The lowest BCUT2D eigenvalue weighted by Crippen LogP contribution is -2.26. The highest BCUT2D eigenvalue weighted by Crippen LogP contribution is 2.26. The Balaban J connectivity index is 1.67. The summed E-state index contributed by atoms with van der Waals surface area (Å²) in [6, 6.07) is 5.41. The molecule has 0 N–H and O–H groups in total. The van der Waals surface area contributed by atoms with Crippen molar-refractivity contribution in [3.8, 4) is 5.75 Å². The molecule has 0 radical (unpaired) electrons. The van der Waals surface area contributed by atoms with Crippen molar-refractivity contribution < 1.29 is 4.74 Å². The van der Waals surface area contributed by atoms with Gasteiger partial charge in [0.25, 0.3) is 0 Å². The van der Waals surface area contributed by atoms with E-state index in [1.165, 1.54) is 38.8 Å². The molecule has 0 amide bonds. The molecule has 2 nitrogen and oxygen atoms in total. The number of hydrogen-bond donors (Lipinski definition) is 0. The van der Waals surface area contributed by atoms with Crippen LogP contribution in [0.25, 0.3) is 0 Å². The molecule has 1 aliphatic heterocycles. The van der Waals surface area contributed by atoms with E-state index in [4.69, 9.17) is 27.9 Å². The molecule has 0 aliphatic carbocycles. The lowest BCUT2D eigenvalue weighted by atomic mass is 10.2. The van der Waals surface area contributed by atoms with E-state index in [9.17, 15) is 0 Å². The molecule has 0 bridgehead atoms. The number of hydrogen-bond acceptors (Lipinski definition) is 2. The van der Waals surface area contributed by atoms with E-state index in [2.05, 4.69) is 4.90 Å². The maximum Gasteiger partial charge on any atom is 0.120 e. The molecule has 1 fully saturated rings. The molecule has 1 aromatic rings. The van der Waals surface area contributed by atoms with Crippen LogP contribution < -0.4 is 4.74 Å². The van der Waals surface area contributed by atoms with Gasteiger partial charge in [-0.3, -0.25) is 0 Å². The van der Waals surface area contributed by atoms with Crippen molar-refractivity contribution in [1.29, 1.82) is 0 Å². The number of benzene rings is 1. The van der Waals surface area contributed by atoms with Crippen molar-refractivity contribution in [2.75, 3.05) is 26.2 Å². The summed E-state index contributed by atoms with van der Waals surface area (Å²) in [5.74, 6) is 0.797. The first kappa shape index (κ1) is 15.0. The van der Waals surface area contributed by atoms with Crippen molar-refractivity contribution in [3.05, 3.63) is 28.2 Å². The Morgan fingerprint density at radius 2 is 1.74 bits per heavy atom. The standard InChI is InChI=1S/C15H21Cl2NO/c16-14-7-6-13(12-15(14)17)19-11-5-10-18-8-3-1-2-4-9-18/h6-7,12H,1-5,8-11H2. The number of rotatable bonds is 5. The Hall–Kier alpha value is -0.440. The van der Waals surface area contributed by atoms with Gasteiger partial charge in [-0.2, -0.15) is 0 Å². The van der Waals surface area contributed by atoms with Crippen LogP contribution in [-0.4, -0.2) is 31.1 Å². The van der Waals surface area contributed by atoms with Gasteiger partial charge < -0.3 is 9.64 Å². The Kier molecular flexibility index (Phi) is 6.29. The summed E-state index contributed by atoms with van der Waals surface area (Å²) in [6.45, 7) is 4.34. The highest BCUT2D eigenvalue weighted by atomic mass is 35.5. The predicted octanol–water partition coefficient (Wildman–Crippen LogP) is 4.64. The minimum Gasteiger partial charge on any atom is -0.493 e. The van der Waals surface area contributed by atoms with Crippen LogP contribution in [-0.2, 0) is 0 Å². The highest BCUT2D eigenvalue weighted by Gasteiger charge is 2.08. The first-order valence-electron chi connectivity index (χ1n) is 7.06. The topological polar surface area (TPSA) is 12.5 Å². The van der Waals surface area contributed by atoms with E-state index in [1.807, 2.05) is 6.07 Å². The van der Waals surface area contributed by atoms with Gasteiger partial charge in [-0.15, -0.1) is 0 Å². The molecular weight excluding hydrogens is 281 g/mol. The molecule has 0 aromatic heterocycles. The predicted molar refractivity (Wildman–Crippen MR) is 81.5 cm³/mol. The second kappa shape index (κ2) is 7.98. The molecule has 0 atom stereocenters. The Morgan fingerprint density at radius 1 is 1.00 bits per heavy atom. The normalized spacial score (nSPS) is 17.2. The van der Waals surface area contributed by atoms with Gasteiger partial charge >= 0.3 is 0 Å². The van der Waals surface area contributed by atoms with Gasteiger partial charge in [0.1, 0.15) is 5.75 Å². The highest BCUT2D eigenvalue weighted by molar-refractivity contribution is 6.42. The lowest BCUT2D eigenvalue weighted by molar-refractivity contribution is 0.240. The zero-order chi connectivity index (χ0) is 13.5. The maximum atomic E-state index is 5.95. The van der Waals surface area contributed by atoms with Gasteiger partial charge in [0.2, 0.25) is 0 Å². The molecule has 2 rings (SSSR count). The summed E-state index contributed by atoms with van der Waals surface area (Å²) in [4.78, 5) is 2.55. The Labute approximate surface area is 125 Å². The van der Waals surface area contributed by atoms with Crippen molar-refractivity contribution in [2.24, 2.45) is 0 Å². The molecule has 19 heavy (non-hydrogen) atoms. The summed E-state index contributed by atoms with van der Waals surface area (Å²) >= 11 is 11.8. The monoisotopic (exact) mass is 301 g/mol. The molecule has 0 saturated carbocycles. The van der Waals surface area contributed by atoms with Crippen LogP contribution in [0.3, 0.4) is 0 Å². The number of ether oxygens (including phenoxy) is 1. The summed E-state index contributed by atoms with van der Waals surface area (Å²) in [5.41, 5.74) is 0. The third kappa shape index (κ3) is 5.21. The van der Waals surface area contributed by atoms with E-state index >= 15 is 0 Å². The van der Waals surface area contributed by atoms with E-state index in [0.29, 0.717) is 10.0 Å². The largest absolute Gasteiger partial charge is 0.493 e. The van der Waals surface area contributed by atoms with E-state index < -0.39 is 0 Å². The summed E-state index contributed by atoms with van der Waals surface area (Å²) in [7, 11) is 0. The summed E-state index contributed by atoms with van der Waals surface area (Å²) < 4.78 is 5.69. The van der Waals surface area contributed by atoms with Crippen LogP contribution >= 0.6 is 23.2 Å². The van der Waals surface area contributed by atoms with Gasteiger partial charge in [-0.1, -0.05) is 36.0 Å². The minimum absolute atomic E-state index is 0.548. The number of likely N-dealkylation sites (tertiary alicyclic amines) is 1. The van der Waals surface area contributed by atoms with Crippen LogP contribution in [0.4, 0.5) is 0 Å². The lowest BCUT2D eigenvalue weighted by Gasteiger charge is -2.19. The molecule has 1 saturated heterocycles. The van der Waals surface area contributed by atoms with Crippen LogP contribution in [0, 0.1) is 0 Å². The van der Waals surface area contributed by atoms with Crippen LogP contribution in [0.5, 0.6) is 5.75 Å². The first-order valence-corrected chi connectivity index (χ1v) is 7.81. The van der Waals surface area contributed by atoms with Gasteiger partial charge in [0, 0.05) is 12.6 Å². The smallest absolute Gasteiger partial charge is 0.120 e. The van der Waals surface area contributed by atoms with Crippen molar-refractivity contribution >= 4 is 23.2 Å². The zero-order valence-corrected chi connectivity index (χ0v) is 12.7. The molecular formula is C15H21Cl2NO. The third-order valence-corrected chi connectivity index (χ3v) is 4.22. The van der Waals surface area contributed by atoms with Crippen molar-refractivity contribution in [3.63, 3.8) is 0 Å². The minimum atomic E-state index is 0.548.